The van der Waals surface area contributed by atoms with Crippen LogP contribution in [0.3, 0.4) is 0 Å². The van der Waals surface area contributed by atoms with Crippen LogP contribution in [0, 0.1) is 5.41 Å². The molecule has 0 amide bonds. The number of sulfonamides is 1. The minimum atomic E-state index is -3.26. The Balaban J connectivity index is 2.40. The van der Waals surface area contributed by atoms with Crippen LogP contribution in [0.2, 0.25) is 0 Å². The molecule has 0 saturated heterocycles. The molecule has 0 bridgehead atoms. The zero-order valence-corrected chi connectivity index (χ0v) is 16.4. The summed E-state index contributed by atoms with van der Waals surface area (Å²) in [4.78, 5) is 0. The van der Waals surface area contributed by atoms with Crippen LogP contribution in [-0.2, 0) is 10.0 Å². The number of benzene rings is 2. The Hall–Kier alpha value is -1.22. The molecule has 0 aliphatic carbocycles. The highest BCUT2D eigenvalue weighted by Crippen LogP contribution is 2.38. The molecule has 2 rings (SSSR count). The Morgan fingerprint density at radius 1 is 0.917 bits per heavy atom. The van der Waals surface area contributed by atoms with Crippen molar-refractivity contribution in [3.63, 3.8) is 0 Å². The monoisotopic (exact) mass is 363 g/mol. The topological polar surface area (TPSA) is 46.2 Å². The van der Waals surface area contributed by atoms with Crippen molar-refractivity contribution < 1.29 is 8.42 Å². The molecule has 24 heavy (non-hydrogen) atoms. The minimum Gasteiger partial charge on any atom is -0.213 e. The highest BCUT2D eigenvalue weighted by Gasteiger charge is 2.30. The van der Waals surface area contributed by atoms with E-state index in [1.54, 1.807) is 0 Å². The zero-order chi connectivity index (χ0) is 17.8. The second-order valence-corrected chi connectivity index (χ2v) is 11.1. The molecular formula is C19H26NO2PS. The molecule has 0 saturated carbocycles. The van der Waals surface area contributed by atoms with Crippen LogP contribution in [0.5, 0.6) is 0 Å². The van der Waals surface area contributed by atoms with Gasteiger partial charge >= 0.3 is 0 Å². The van der Waals surface area contributed by atoms with E-state index in [-0.39, 0.29) is 11.5 Å². The van der Waals surface area contributed by atoms with Gasteiger partial charge in [-0.3, -0.25) is 0 Å². The number of hydrogen-bond acceptors (Lipinski definition) is 2. The number of hydrogen-bond donors (Lipinski definition) is 1. The van der Waals surface area contributed by atoms with Gasteiger partial charge in [0.25, 0.3) is 0 Å². The summed E-state index contributed by atoms with van der Waals surface area (Å²) in [5.41, 5.74) is -0.159. The maximum atomic E-state index is 11.8. The van der Waals surface area contributed by atoms with Crippen molar-refractivity contribution in [1.82, 2.24) is 4.72 Å². The second kappa shape index (κ2) is 7.77. The zero-order valence-electron chi connectivity index (χ0n) is 14.7. The van der Waals surface area contributed by atoms with E-state index >= 15 is 0 Å². The lowest BCUT2D eigenvalue weighted by molar-refractivity contribution is 0.322. The van der Waals surface area contributed by atoms with Crippen LogP contribution in [0.1, 0.15) is 20.8 Å². The van der Waals surface area contributed by atoms with Gasteiger partial charge in [0.05, 0.1) is 6.26 Å². The molecule has 0 fully saturated rings. The summed E-state index contributed by atoms with van der Waals surface area (Å²) in [5.74, 6) is 0. The average molecular weight is 363 g/mol. The lowest BCUT2D eigenvalue weighted by Crippen LogP contribution is -2.46. The summed E-state index contributed by atoms with van der Waals surface area (Å²) >= 11 is 0. The molecular weight excluding hydrogens is 337 g/mol. The fourth-order valence-electron chi connectivity index (χ4n) is 2.50. The quantitative estimate of drug-likeness (QED) is 0.802. The fourth-order valence-corrected chi connectivity index (χ4v) is 6.37. The van der Waals surface area contributed by atoms with E-state index in [4.69, 9.17) is 0 Å². The summed E-state index contributed by atoms with van der Waals surface area (Å²) in [6, 6.07) is 20.6. The van der Waals surface area contributed by atoms with E-state index in [2.05, 4.69) is 49.8 Å². The van der Waals surface area contributed by atoms with Gasteiger partial charge in [-0.05, 0) is 30.1 Å². The molecule has 0 aliphatic rings. The predicted octanol–water partition coefficient (Wildman–Crippen LogP) is 3.08. The first-order valence-corrected chi connectivity index (χ1v) is 11.4. The Morgan fingerprint density at radius 3 is 1.67 bits per heavy atom. The highest BCUT2D eigenvalue weighted by atomic mass is 32.2. The first-order valence-electron chi connectivity index (χ1n) is 8.02. The van der Waals surface area contributed by atoms with Crippen LogP contribution in [0.25, 0.3) is 0 Å². The molecule has 2 aromatic rings. The molecule has 0 aromatic heterocycles. The van der Waals surface area contributed by atoms with Gasteiger partial charge in [0.1, 0.15) is 0 Å². The van der Waals surface area contributed by atoms with Gasteiger partial charge in [0, 0.05) is 6.04 Å². The molecule has 0 aliphatic heterocycles. The van der Waals surface area contributed by atoms with Crippen molar-refractivity contribution in [3.05, 3.63) is 60.7 Å². The summed E-state index contributed by atoms with van der Waals surface area (Å²) in [5, 5.41) is 2.53. The highest BCUT2D eigenvalue weighted by molar-refractivity contribution is 7.88. The largest absolute Gasteiger partial charge is 0.213 e. The van der Waals surface area contributed by atoms with Gasteiger partial charge in [-0.25, -0.2) is 13.1 Å². The minimum absolute atomic E-state index is 0.126. The van der Waals surface area contributed by atoms with E-state index in [9.17, 15) is 8.42 Å². The van der Waals surface area contributed by atoms with E-state index in [1.165, 1.54) is 16.9 Å². The number of nitrogens with one attached hydrogen (secondary N) is 1. The average Bonchev–Trinajstić information content (AvgIpc) is 2.51. The first-order chi connectivity index (χ1) is 11.2. The van der Waals surface area contributed by atoms with Gasteiger partial charge in [-0.15, -0.1) is 0 Å². The third-order valence-electron chi connectivity index (χ3n) is 3.90. The molecule has 0 unspecified atom stereocenters. The van der Waals surface area contributed by atoms with E-state index < -0.39 is 17.9 Å². The van der Waals surface area contributed by atoms with Crippen molar-refractivity contribution in [2.24, 2.45) is 5.41 Å². The third-order valence-corrected chi connectivity index (χ3v) is 7.19. The lowest BCUT2D eigenvalue weighted by atomic mass is 9.89. The third kappa shape index (κ3) is 5.70. The summed E-state index contributed by atoms with van der Waals surface area (Å²) in [6.07, 6.45) is 2.01. The normalized spacial score (nSPS) is 13.9. The van der Waals surface area contributed by atoms with Crippen molar-refractivity contribution in [2.75, 3.05) is 12.4 Å². The fraction of sp³-hybridized carbons (Fsp3) is 0.368. The van der Waals surface area contributed by atoms with E-state index in [0.29, 0.717) is 0 Å². The number of rotatable bonds is 6. The molecule has 0 radical (unpaired) electrons. The second-order valence-electron chi connectivity index (χ2n) is 7.09. The SMILES string of the molecule is CC(C)(C)[C@@H](CP(c1ccccc1)c1ccccc1)NS(C)(=O)=O. The van der Waals surface area contributed by atoms with Crippen molar-refractivity contribution >= 4 is 28.6 Å². The van der Waals surface area contributed by atoms with Crippen LogP contribution in [-0.4, -0.2) is 26.9 Å². The first kappa shape index (κ1) is 19.1. The van der Waals surface area contributed by atoms with Crippen LogP contribution < -0.4 is 15.3 Å². The van der Waals surface area contributed by atoms with Crippen LogP contribution >= 0.6 is 7.92 Å². The van der Waals surface area contributed by atoms with E-state index in [0.717, 1.165) is 6.16 Å². The molecule has 1 atom stereocenters. The van der Waals surface area contributed by atoms with Crippen LogP contribution in [0.4, 0.5) is 0 Å². The molecule has 5 heteroatoms. The van der Waals surface area contributed by atoms with Gasteiger partial charge in [0.15, 0.2) is 0 Å². The lowest BCUT2D eigenvalue weighted by Gasteiger charge is -2.34. The molecule has 0 spiro atoms. The summed E-state index contributed by atoms with van der Waals surface area (Å²) in [6.45, 7) is 6.25. The van der Waals surface area contributed by atoms with Gasteiger partial charge in [0.2, 0.25) is 10.0 Å². The van der Waals surface area contributed by atoms with E-state index in [1.807, 2.05) is 36.4 Å². The van der Waals surface area contributed by atoms with Crippen molar-refractivity contribution in [2.45, 2.75) is 26.8 Å². The Bertz CT molecular complexity index is 700. The van der Waals surface area contributed by atoms with Gasteiger partial charge < -0.3 is 0 Å². The van der Waals surface area contributed by atoms with Crippen LogP contribution in [0.15, 0.2) is 60.7 Å². The Morgan fingerprint density at radius 2 is 1.33 bits per heavy atom. The van der Waals surface area contributed by atoms with Gasteiger partial charge in [-0.1, -0.05) is 81.4 Å². The smallest absolute Gasteiger partial charge is 0.208 e. The Kier molecular flexibility index (Phi) is 6.19. The van der Waals surface area contributed by atoms with Gasteiger partial charge in [-0.2, -0.15) is 0 Å². The van der Waals surface area contributed by atoms with Crippen molar-refractivity contribution in [3.8, 4) is 0 Å². The summed E-state index contributed by atoms with van der Waals surface area (Å²) in [7, 11) is -3.89. The maximum Gasteiger partial charge on any atom is 0.208 e. The molecule has 2 aromatic carbocycles. The molecule has 0 heterocycles. The molecule has 130 valence electrons. The standard InChI is InChI=1S/C19H26NO2PS/c1-19(2,3)18(20-24(4,21)22)15-23(16-11-7-5-8-12-16)17-13-9-6-10-14-17/h5-14,18,20H,15H2,1-4H3/t18-/m1/s1. The molecule has 1 N–H and O–H groups in total. The predicted molar refractivity (Wildman–Crippen MR) is 105 cm³/mol. The summed E-state index contributed by atoms with van der Waals surface area (Å²) < 4.78 is 26.5. The molecule has 3 nitrogen and oxygen atoms in total. The maximum absolute atomic E-state index is 11.8. The van der Waals surface area contributed by atoms with Crippen molar-refractivity contribution in [1.29, 1.82) is 0 Å². The Labute approximate surface area is 147 Å².